The molecule has 2 aromatic carbocycles. The number of ether oxygens (including phenoxy) is 1. The number of hydrogen-bond acceptors (Lipinski definition) is 6. The molecule has 2 heterocycles. The molecule has 0 aliphatic carbocycles. The molecular weight excluding hydrogens is 368 g/mol. The summed E-state index contributed by atoms with van der Waals surface area (Å²) in [5, 5.41) is 9.27. The van der Waals surface area contributed by atoms with E-state index in [2.05, 4.69) is 10.2 Å². The number of aryl methyl sites for hydroxylation is 1. The van der Waals surface area contributed by atoms with Gasteiger partial charge < -0.3 is 13.6 Å². The van der Waals surface area contributed by atoms with Gasteiger partial charge in [-0.2, -0.15) is 0 Å². The SMILES string of the molecule is Cc1ccc(-c2nnc([C@@H](C)OC(=O)c3cc4cc(Cl)ccc4o3)o2)cc1. The van der Waals surface area contributed by atoms with Crippen LogP contribution in [0.15, 0.2) is 57.4 Å². The third-order valence-electron chi connectivity index (χ3n) is 4.05. The van der Waals surface area contributed by atoms with Gasteiger partial charge in [-0.25, -0.2) is 4.79 Å². The van der Waals surface area contributed by atoms with Crippen LogP contribution in [-0.2, 0) is 4.74 Å². The number of carbonyl (C=O) groups is 1. The van der Waals surface area contributed by atoms with Gasteiger partial charge in [-0.3, -0.25) is 0 Å². The van der Waals surface area contributed by atoms with Crippen molar-refractivity contribution in [2.75, 3.05) is 0 Å². The van der Waals surface area contributed by atoms with Crippen molar-refractivity contribution in [2.45, 2.75) is 20.0 Å². The Hall–Kier alpha value is -3.12. The van der Waals surface area contributed by atoms with Crippen molar-refractivity contribution < 1.29 is 18.4 Å². The van der Waals surface area contributed by atoms with E-state index in [1.165, 1.54) is 0 Å². The average Bonchev–Trinajstić information content (AvgIpc) is 3.29. The van der Waals surface area contributed by atoms with Gasteiger partial charge in [0.2, 0.25) is 11.7 Å². The van der Waals surface area contributed by atoms with Crippen LogP contribution < -0.4 is 0 Å². The second-order valence-corrected chi connectivity index (χ2v) is 6.59. The number of fused-ring (bicyclic) bond motifs is 1. The number of benzene rings is 2. The molecule has 4 aromatic rings. The van der Waals surface area contributed by atoms with Crippen molar-refractivity contribution in [1.82, 2.24) is 10.2 Å². The van der Waals surface area contributed by atoms with E-state index in [9.17, 15) is 4.79 Å². The molecule has 1 atom stereocenters. The van der Waals surface area contributed by atoms with Gasteiger partial charge in [0.15, 0.2) is 6.10 Å². The molecular formula is C20H15ClN2O4. The molecule has 7 heteroatoms. The third kappa shape index (κ3) is 3.57. The quantitative estimate of drug-likeness (QED) is 0.442. The molecule has 4 rings (SSSR count). The van der Waals surface area contributed by atoms with Gasteiger partial charge in [0.1, 0.15) is 5.58 Å². The maximum Gasteiger partial charge on any atom is 0.375 e. The summed E-state index contributed by atoms with van der Waals surface area (Å²) in [7, 11) is 0. The monoisotopic (exact) mass is 382 g/mol. The Bertz CT molecular complexity index is 1110. The Morgan fingerprint density at radius 1 is 1.07 bits per heavy atom. The fourth-order valence-corrected chi connectivity index (χ4v) is 2.78. The van der Waals surface area contributed by atoms with Crippen LogP contribution in [0.5, 0.6) is 0 Å². The summed E-state index contributed by atoms with van der Waals surface area (Å²) in [6.45, 7) is 3.65. The molecule has 0 unspecified atom stereocenters. The normalized spacial score (nSPS) is 12.3. The van der Waals surface area contributed by atoms with Crippen LogP contribution in [0.3, 0.4) is 0 Å². The first kappa shape index (κ1) is 17.3. The predicted octanol–water partition coefficient (Wildman–Crippen LogP) is 5.36. The Labute approximate surface area is 159 Å². The smallest absolute Gasteiger partial charge is 0.375 e. The molecule has 0 saturated heterocycles. The van der Waals surface area contributed by atoms with Crippen molar-refractivity contribution in [2.24, 2.45) is 0 Å². The lowest BCUT2D eigenvalue weighted by Crippen LogP contribution is -2.08. The first-order valence-corrected chi connectivity index (χ1v) is 8.68. The molecule has 0 aliphatic heterocycles. The summed E-state index contributed by atoms with van der Waals surface area (Å²) in [5.74, 6) is 0.0339. The summed E-state index contributed by atoms with van der Waals surface area (Å²) in [5.41, 5.74) is 2.48. The van der Waals surface area contributed by atoms with E-state index >= 15 is 0 Å². The molecule has 0 fully saturated rings. The predicted molar refractivity (Wildman–Crippen MR) is 99.5 cm³/mol. The largest absolute Gasteiger partial charge is 0.449 e. The molecule has 0 radical (unpaired) electrons. The van der Waals surface area contributed by atoms with Crippen molar-refractivity contribution in [3.05, 3.63) is 70.8 Å². The molecule has 0 spiro atoms. The van der Waals surface area contributed by atoms with Crippen LogP contribution in [-0.4, -0.2) is 16.2 Å². The minimum atomic E-state index is -0.721. The molecule has 0 saturated carbocycles. The molecule has 27 heavy (non-hydrogen) atoms. The zero-order valence-corrected chi connectivity index (χ0v) is 15.4. The Morgan fingerprint density at radius 3 is 2.63 bits per heavy atom. The molecule has 2 aromatic heterocycles. The van der Waals surface area contributed by atoms with Gasteiger partial charge in [-0.05, 0) is 50.2 Å². The highest BCUT2D eigenvalue weighted by atomic mass is 35.5. The standard InChI is InChI=1S/C20H15ClN2O4/c1-11-3-5-13(6-4-11)19-23-22-18(27-19)12(2)25-20(24)17-10-14-9-15(21)7-8-16(14)26-17/h3-10,12H,1-2H3/t12-/m1/s1. The number of esters is 1. The van der Waals surface area contributed by atoms with Gasteiger partial charge in [-0.15, -0.1) is 10.2 Å². The van der Waals surface area contributed by atoms with Gasteiger partial charge in [-0.1, -0.05) is 29.3 Å². The molecule has 0 bridgehead atoms. The van der Waals surface area contributed by atoms with Crippen LogP contribution >= 0.6 is 11.6 Å². The van der Waals surface area contributed by atoms with Crippen LogP contribution in [0.4, 0.5) is 0 Å². The summed E-state index contributed by atoms with van der Waals surface area (Å²) in [6, 6.07) is 14.4. The highest BCUT2D eigenvalue weighted by molar-refractivity contribution is 6.31. The molecule has 0 N–H and O–H groups in total. The number of rotatable bonds is 4. The van der Waals surface area contributed by atoms with Crippen LogP contribution in [0.2, 0.25) is 5.02 Å². The second kappa shape index (κ2) is 6.89. The summed E-state index contributed by atoms with van der Waals surface area (Å²) < 4.78 is 16.5. The third-order valence-corrected chi connectivity index (χ3v) is 4.29. The number of furan rings is 1. The fourth-order valence-electron chi connectivity index (χ4n) is 2.60. The van der Waals surface area contributed by atoms with E-state index in [0.717, 1.165) is 16.5 Å². The van der Waals surface area contributed by atoms with E-state index in [1.807, 2.05) is 31.2 Å². The van der Waals surface area contributed by atoms with Gasteiger partial charge in [0.25, 0.3) is 5.89 Å². The van der Waals surface area contributed by atoms with Crippen molar-refractivity contribution in [3.8, 4) is 11.5 Å². The zero-order valence-electron chi connectivity index (χ0n) is 14.6. The lowest BCUT2D eigenvalue weighted by molar-refractivity contribution is 0.0247. The van der Waals surface area contributed by atoms with E-state index in [1.54, 1.807) is 31.2 Å². The number of carbonyl (C=O) groups excluding carboxylic acids is 1. The summed E-state index contributed by atoms with van der Waals surface area (Å²) >= 11 is 5.95. The Balaban J connectivity index is 1.50. The highest BCUT2D eigenvalue weighted by Crippen LogP contribution is 2.26. The summed E-state index contributed by atoms with van der Waals surface area (Å²) in [4.78, 5) is 12.4. The fraction of sp³-hybridized carbons (Fsp3) is 0.150. The van der Waals surface area contributed by atoms with Crippen LogP contribution in [0.25, 0.3) is 22.4 Å². The number of hydrogen-bond donors (Lipinski definition) is 0. The number of nitrogens with zero attached hydrogens (tertiary/aromatic N) is 2. The molecule has 0 aliphatic rings. The molecule has 6 nitrogen and oxygen atoms in total. The lowest BCUT2D eigenvalue weighted by Gasteiger charge is -2.07. The van der Waals surface area contributed by atoms with E-state index in [-0.39, 0.29) is 11.7 Å². The molecule has 136 valence electrons. The van der Waals surface area contributed by atoms with Crippen molar-refractivity contribution in [3.63, 3.8) is 0 Å². The van der Waals surface area contributed by atoms with E-state index in [0.29, 0.717) is 16.5 Å². The average molecular weight is 383 g/mol. The van der Waals surface area contributed by atoms with Crippen LogP contribution in [0, 0.1) is 6.92 Å². The first-order chi connectivity index (χ1) is 13.0. The lowest BCUT2D eigenvalue weighted by atomic mass is 10.1. The van der Waals surface area contributed by atoms with Crippen LogP contribution in [0.1, 0.15) is 35.0 Å². The number of halogens is 1. The second-order valence-electron chi connectivity index (χ2n) is 6.15. The van der Waals surface area contributed by atoms with Crippen molar-refractivity contribution >= 4 is 28.5 Å². The zero-order chi connectivity index (χ0) is 19.0. The minimum absolute atomic E-state index is 0.0809. The van der Waals surface area contributed by atoms with Gasteiger partial charge >= 0.3 is 5.97 Å². The Morgan fingerprint density at radius 2 is 1.85 bits per heavy atom. The topological polar surface area (TPSA) is 78.4 Å². The first-order valence-electron chi connectivity index (χ1n) is 8.30. The summed E-state index contributed by atoms with van der Waals surface area (Å²) in [6.07, 6.45) is -0.721. The van der Waals surface area contributed by atoms with Gasteiger partial charge in [0, 0.05) is 16.0 Å². The van der Waals surface area contributed by atoms with E-state index in [4.69, 9.17) is 25.2 Å². The maximum absolute atomic E-state index is 12.4. The van der Waals surface area contributed by atoms with Crippen molar-refractivity contribution in [1.29, 1.82) is 0 Å². The van der Waals surface area contributed by atoms with E-state index < -0.39 is 12.1 Å². The Kier molecular flexibility index (Phi) is 4.41. The molecule has 0 amide bonds. The maximum atomic E-state index is 12.4. The van der Waals surface area contributed by atoms with Gasteiger partial charge in [0.05, 0.1) is 0 Å². The number of aromatic nitrogens is 2. The minimum Gasteiger partial charge on any atom is -0.449 e. The highest BCUT2D eigenvalue weighted by Gasteiger charge is 2.22.